The molecule has 1 aromatic rings. The molecular formula is C13H19ClN2O4S. The van der Waals surface area contributed by atoms with E-state index >= 15 is 0 Å². The summed E-state index contributed by atoms with van der Waals surface area (Å²) in [4.78, 5) is 3.75. The first-order chi connectivity index (χ1) is 10.1. The van der Waals surface area contributed by atoms with Gasteiger partial charge in [0, 0.05) is 26.0 Å². The van der Waals surface area contributed by atoms with Crippen molar-refractivity contribution in [2.45, 2.75) is 30.3 Å². The minimum absolute atomic E-state index is 0.00746. The van der Waals surface area contributed by atoms with Gasteiger partial charge in [0.1, 0.15) is 10.0 Å². The molecule has 21 heavy (non-hydrogen) atoms. The highest BCUT2D eigenvalue weighted by Crippen LogP contribution is 2.17. The lowest BCUT2D eigenvalue weighted by Gasteiger charge is -2.10. The maximum absolute atomic E-state index is 12.0. The number of hydrogen-bond donors (Lipinski definition) is 1. The lowest BCUT2D eigenvalue weighted by molar-refractivity contribution is 0.0169. The molecule has 0 amide bonds. The molecule has 0 aliphatic carbocycles. The van der Waals surface area contributed by atoms with Crippen LogP contribution in [0.5, 0.6) is 0 Å². The second kappa shape index (κ2) is 8.05. The molecule has 1 atom stereocenters. The highest BCUT2D eigenvalue weighted by atomic mass is 35.5. The second-order valence-corrected chi connectivity index (χ2v) is 6.85. The Kier molecular flexibility index (Phi) is 6.38. The second-order valence-electron chi connectivity index (χ2n) is 4.75. The Balaban J connectivity index is 1.67. The number of pyridine rings is 1. The van der Waals surface area contributed by atoms with Gasteiger partial charge in [-0.15, -0.1) is 0 Å². The molecule has 1 N–H and O–H groups in total. The first kappa shape index (κ1) is 16.6. The van der Waals surface area contributed by atoms with E-state index < -0.39 is 10.0 Å². The largest absolute Gasteiger partial charge is 0.379 e. The van der Waals surface area contributed by atoms with E-state index in [1.807, 2.05) is 0 Å². The van der Waals surface area contributed by atoms with Gasteiger partial charge in [0.05, 0.1) is 12.7 Å². The monoisotopic (exact) mass is 334 g/mol. The maximum Gasteiger partial charge on any atom is 0.243 e. The topological polar surface area (TPSA) is 77.5 Å². The fourth-order valence-corrected chi connectivity index (χ4v) is 3.55. The fourth-order valence-electron chi connectivity index (χ4n) is 2.02. The SMILES string of the molecule is O=S(=O)(NCCCOCC1CCCO1)c1cccnc1Cl. The number of hydrogen-bond acceptors (Lipinski definition) is 5. The van der Waals surface area contributed by atoms with Crippen molar-refractivity contribution in [1.82, 2.24) is 9.71 Å². The zero-order chi connectivity index (χ0) is 15.1. The van der Waals surface area contributed by atoms with E-state index in [1.54, 1.807) is 0 Å². The molecular weight excluding hydrogens is 316 g/mol. The summed E-state index contributed by atoms with van der Waals surface area (Å²) < 4.78 is 37.4. The molecule has 1 aliphatic rings. The van der Waals surface area contributed by atoms with Gasteiger partial charge in [0.2, 0.25) is 10.0 Å². The predicted octanol–water partition coefficient (Wildman–Crippen LogP) is 1.60. The summed E-state index contributed by atoms with van der Waals surface area (Å²) in [5.41, 5.74) is 0. The van der Waals surface area contributed by atoms with E-state index in [-0.39, 0.29) is 16.2 Å². The smallest absolute Gasteiger partial charge is 0.243 e. The van der Waals surface area contributed by atoms with E-state index in [0.717, 1.165) is 19.4 Å². The third kappa shape index (κ3) is 5.19. The van der Waals surface area contributed by atoms with Gasteiger partial charge in [-0.1, -0.05) is 11.6 Å². The summed E-state index contributed by atoms with van der Waals surface area (Å²) in [6, 6.07) is 2.96. The summed E-state index contributed by atoms with van der Waals surface area (Å²) in [5, 5.41) is -0.0281. The van der Waals surface area contributed by atoms with Crippen molar-refractivity contribution in [1.29, 1.82) is 0 Å². The zero-order valence-corrected chi connectivity index (χ0v) is 13.2. The summed E-state index contributed by atoms with van der Waals surface area (Å²) in [5.74, 6) is 0. The Bertz CT molecular complexity index is 547. The summed E-state index contributed by atoms with van der Waals surface area (Å²) in [6.45, 7) is 2.16. The Morgan fingerprint density at radius 3 is 3.10 bits per heavy atom. The fraction of sp³-hybridized carbons (Fsp3) is 0.615. The van der Waals surface area contributed by atoms with E-state index in [0.29, 0.717) is 26.2 Å². The van der Waals surface area contributed by atoms with Gasteiger partial charge in [0.15, 0.2) is 0 Å². The molecule has 0 bridgehead atoms. The molecule has 6 nitrogen and oxygen atoms in total. The van der Waals surface area contributed by atoms with Gasteiger partial charge in [-0.05, 0) is 31.4 Å². The van der Waals surface area contributed by atoms with Crippen LogP contribution >= 0.6 is 11.6 Å². The van der Waals surface area contributed by atoms with Crippen molar-refractivity contribution in [2.24, 2.45) is 0 Å². The standard InChI is InChI=1S/C13H19ClN2O4S/c14-13-12(5-1-6-15-13)21(17,18)16-7-3-8-19-10-11-4-2-9-20-11/h1,5-6,11,16H,2-4,7-10H2. The van der Waals surface area contributed by atoms with Crippen LogP contribution in [0.1, 0.15) is 19.3 Å². The van der Waals surface area contributed by atoms with Gasteiger partial charge < -0.3 is 9.47 Å². The van der Waals surface area contributed by atoms with E-state index in [1.165, 1.54) is 18.3 Å². The highest BCUT2D eigenvalue weighted by molar-refractivity contribution is 7.89. The highest BCUT2D eigenvalue weighted by Gasteiger charge is 2.18. The Morgan fingerprint density at radius 1 is 1.52 bits per heavy atom. The van der Waals surface area contributed by atoms with Crippen LogP contribution in [0.3, 0.4) is 0 Å². The molecule has 1 aromatic heterocycles. The van der Waals surface area contributed by atoms with Gasteiger partial charge in [-0.2, -0.15) is 0 Å². The van der Waals surface area contributed by atoms with Gasteiger partial charge >= 0.3 is 0 Å². The number of ether oxygens (including phenoxy) is 2. The zero-order valence-electron chi connectivity index (χ0n) is 11.6. The Morgan fingerprint density at radius 2 is 2.38 bits per heavy atom. The van der Waals surface area contributed by atoms with Crippen LogP contribution in [0, 0.1) is 0 Å². The van der Waals surface area contributed by atoms with Crippen LogP contribution in [0.2, 0.25) is 5.15 Å². The number of nitrogens with zero attached hydrogens (tertiary/aromatic N) is 1. The van der Waals surface area contributed by atoms with Crippen molar-refractivity contribution in [3.05, 3.63) is 23.5 Å². The van der Waals surface area contributed by atoms with Crippen molar-refractivity contribution in [2.75, 3.05) is 26.4 Å². The van der Waals surface area contributed by atoms with Crippen LogP contribution in [-0.2, 0) is 19.5 Å². The minimum Gasteiger partial charge on any atom is -0.379 e. The molecule has 2 heterocycles. The maximum atomic E-state index is 12.0. The average Bonchev–Trinajstić information content (AvgIpc) is 2.96. The molecule has 0 radical (unpaired) electrons. The normalized spacial score (nSPS) is 19.0. The molecule has 0 spiro atoms. The van der Waals surface area contributed by atoms with Gasteiger partial charge in [-0.3, -0.25) is 0 Å². The van der Waals surface area contributed by atoms with Crippen molar-refractivity contribution < 1.29 is 17.9 Å². The van der Waals surface area contributed by atoms with Crippen LogP contribution in [0.25, 0.3) is 0 Å². The first-order valence-electron chi connectivity index (χ1n) is 6.89. The van der Waals surface area contributed by atoms with Gasteiger partial charge in [0.25, 0.3) is 0 Å². The molecule has 0 aromatic carbocycles. The molecule has 1 saturated heterocycles. The number of sulfonamides is 1. The van der Waals surface area contributed by atoms with Crippen molar-refractivity contribution >= 4 is 21.6 Å². The third-order valence-corrected chi connectivity index (χ3v) is 5.01. The van der Waals surface area contributed by atoms with E-state index in [9.17, 15) is 8.42 Å². The lowest BCUT2D eigenvalue weighted by atomic mass is 10.2. The molecule has 2 rings (SSSR count). The minimum atomic E-state index is -3.62. The van der Waals surface area contributed by atoms with Gasteiger partial charge in [-0.25, -0.2) is 18.1 Å². The van der Waals surface area contributed by atoms with Crippen molar-refractivity contribution in [3.63, 3.8) is 0 Å². The number of halogens is 1. The molecule has 0 saturated carbocycles. The molecule has 1 aliphatic heterocycles. The van der Waals surface area contributed by atoms with Crippen molar-refractivity contribution in [3.8, 4) is 0 Å². The Labute approximate surface area is 129 Å². The molecule has 8 heteroatoms. The van der Waals surface area contributed by atoms with Crippen LogP contribution < -0.4 is 4.72 Å². The summed E-state index contributed by atoms with van der Waals surface area (Å²) in [6.07, 6.45) is 4.34. The summed E-state index contributed by atoms with van der Waals surface area (Å²) >= 11 is 5.78. The molecule has 1 fully saturated rings. The Hall–Kier alpha value is -0.730. The number of rotatable bonds is 8. The van der Waals surface area contributed by atoms with Crippen LogP contribution in [0.4, 0.5) is 0 Å². The number of aromatic nitrogens is 1. The predicted molar refractivity (Wildman–Crippen MR) is 78.8 cm³/mol. The molecule has 1 unspecified atom stereocenters. The van der Waals surface area contributed by atoms with E-state index in [2.05, 4.69) is 9.71 Å². The van der Waals surface area contributed by atoms with E-state index in [4.69, 9.17) is 21.1 Å². The summed E-state index contributed by atoms with van der Waals surface area (Å²) in [7, 11) is -3.62. The first-order valence-corrected chi connectivity index (χ1v) is 8.75. The quantitative estimate of drug-likeness (QED) is 0.577. The van der Waals surface area contributed by atoms with Crippen LogP contribution in [-0.4, -0.2) is 45.9 Å². The third-order valence-electron chi connectivity index (χ3n) is 3.10. The lowest BCUT2D eigenvalue weighted by Crippen LogP contribution is -2.26. The van der Waals surface area contributed by atoms with Crippen LogP contribution in [0.15, 0.2) is 23.2 Å². The average molecular weight is 335 g/mol. The number of nitrogens with one attached hydrogen (secondary N) is 1. The molecule has 118 valence electrons.